The number of primary amides is 1. The molecule has 0 aliphatic heterocycles. The second-order valence-electron chi connectivity index (χ2n) is 9.83. The van der Waals surface area contributed by atoms with Gasteiger partial charge >= 0.3 is 5.97 Å². The number of H-pyrrole nitrogens is 1. The zero-order chi connectivity index (χ0) is 30.6. The molecule has 3 aromatic rings. The zero-order valence-corrected chi connectivity index (χ0v) is 24.0. The molecule has 2 aromatic carbocycles. The average molecular weight is 597 g/mol. The van der Waals surface area contributed by atoms with Gasteiger partial charge in [0.05, 0.1) is 12.5 Å². The lowest BCUT2D eigenvalue weighted by Gasteiger charge is -2.25. The maximum absolute atomic E-state index is 13.3. The molecular weight excluding hydrogens is 560 g/mol. The number of carboxylic acids is 1. The topological polar surface area (TPSA) is 209 Å². The van der Waals surface area contributed by atoms with Gasteiger partial charge in [0.15, 0.2) is 0 Å². The molecule has 0 saturated carbocycles. The summed E-state index contributed by atoms with van der Waals surface area (Å²) in [6, 6.07) is 11.7. The first kappa shape index (κ1) is 32.2. The average Bonchev–Trinajstić information content (AvgIpc) is 3.37. The van der Waals surface area contributed by atoms with Crippen LogP contribution in [0.3, 0.4) is 0 Å². The maximum atomic E-state index is 13.3. The van der Waals surface area contributed by atoms with Gasteiger partial charge in [0.25, 0.3) is 0 Å². The highest BCUT2D eigenvalue weighted by molar-refractivity contribution is 7.98. The Kier molecular flexibility index (Phi) is 11.9. The molecule has 0 unspecified atom stereocenters. The van der Waals surface area contributed by atoms with Crippen molar-refractivity contribution in [2.75, 3.05) is 12.0 Å². The molecule has 42 heavy (non-hydrogen) atoms. The summed E-state index contributed by atoms with van der Waals surface area (Å²) in [5.74, 6) is -3.89. The van der Waals surface area contributed by atoms with Crippen molar-refractivity contribution in [2.45, 2.75) is 49.9 Å². The Morgan fingerprint density at radius 2 is 1.48 bits per heavy atom. The van der Waals surface area contributed by atoms with Gasteiger partial charge in [-0.15, -0.1) is 0 Å². The van der Waals surface area contributed by atoms with E-state index in [1.165, 1.54) is 11.8 Å². The highest BCUT2D eigenvalue weighted by Gasteiger charge is 2.31. The molecule has 1 aromatic heterocycles. The summed E-state index contributed by atoms with van der Waals surface area (Å²) in [6.45, 7) is 0. The van der Waals surface area contributed by atoms with Crippen LogP contribution in [-0.2, 0) is 36.8 Å². The predicted molar refractivity (Wildman–Crippen MR) is 160 cm³/mol. The van der Waals surface area contributed by atoms with Crippen LogP contribution in [0.1, 0.15) is 24.0 Å². The van der Waals surface area contributed by atoms with Crippen LogP contribution in [0.2, 0.25) is 0 Å². The first-order chi connectivity index (χ1) is 20.1. The number of thioether (sulfide) groups is 1. The minimum Gasteiger partial charge on any atom is -0.481 e. The summed E-state index contributed by atoms with van der Waals surface area (Å²) in [4.78, 5) is 66.1. The third-order valence-electron chi connectivity index (χ3n) is 6.65. The Morgan fingerprint density at radius 1 is 0.857 bits per heavy atom. The van der Waals surface area contributed by atoms with E-state index in [-0.39, 0.29) is 19.3 Å². The molecule has 0 radical (unpaired) electrons. The minimum atomic E-state index is -1.53. The highest BCUT2D eigenvalue weighted by Crippen LogP contribution is 2.19. The van der Waals surface area contributed by atoms with E-state index in [1.807, 2.05) is 30.5 Å². The molecule has 0 bridgehead atoms. The smallest absolute Gasteiger partial charge is 0.305 e. The Hall–Kier alpha value is -4.36. The molecule has 12 nitrogen and oxygen atoms in total. The number of fused-ring (bicyclic) bond motifs is 1. The number of carbonyl (C=O) groups excluding carboxylic acids is 4. The van der Waals surface area contributed by atoms with Gasteiger partial charge in [0.1, 0.15) is 18.1 Å². The van der Waals surface area contributed by atoms with Crippen molar-refractivity contribution in [3.05, 3.63) is 71.9 Å². The summed E-state index contributed by atoms with van der Waals surface area (Å²) in [6.07, 6.45) is 3.36. The molecule has 4 amide bonds. The van der Waals surface area contributed by atoms with E-state index in [4.69, 9.17) is 11.5 Å². The number of nitrogens with one attached hydrogen (secondary N) is 4. The quantitative estimate of drug-likeness (QED) is 0.123. The van der Waals surface area contributed by atoms with Crippen molar-refractivity contribution in [1.82, 2.24) is 20.9 Å². The molecule has 0 aliphatic carbocycles. The van der Waals surface area contributed by atoms with Gasteiger partial charge in [0.2, 0.25) is 23.6 Å². The number of para-hydroxylation sites is 1. The number of amides is 4. The first-order valence-corrected chi connectivity index (χ1v) is 14.7. The summed E-state index contributed by atoms with van der Waals surface area (Å²) < 4.78 is 0. The fraction of sp³-hybridized carbons (Fsp3) is 0.345. The van der Waals surface area contributed by atoms with Crippen LogP contribution < -0.4 is 27.4 Å². The second-order valence-corrected chi connectivity index (χ2v) is 10.8. The summed E-state index contributed by atoms with van der Waals surface area (Å²) in [5.41, 5.74) is 14.1. The third kappa shape index (κ3) is 9.35. The predicted octanol–water partition coefficient (Wildman–Crippen LogP) is 0.448. The lowest BCUT2D eigenvalue weighted by molar-refractivity contribution is -0.141. The molecule has 0 spiro atoms. The molecule has 224 valence electrons. The van der Waals surface area contributed by atoms with Gasteiger partial charge in [0, 0.05) is 23.5 Å². The van der Waals surface area contributed by atoms with E-state index >= 15 is 0 Å². The molecular formula is C29H36N6O6S. The monoisotopic (exact) mass is 596 g/mol. The second kappa shape index (κ2) is 15.6. The van der Waals surface area contributed by atoms with Crippen LogP contribution in [0.5, 0.6) is 0 Å². The number of nitrogens with two attached hydrogens (primary N) is 2. The molecule has 9 N–H and O–H groups in total. The van der Waals surface area contributed by atoms with Crippen molar-refractivity contribution < 1.29 is 29.1 Å². The number of aromatic nitrogens is 1. The van der Waals surface area contributed by atoms with Crippen LogP contribution in [-0.4, -0.2) is 75.9 Å². The Bertz CT molecular complexity index is 1400. The number of aliphatic carboxylic acids is 1. The molecule has 4 atom stereocenters. The van der Waals surface area contributed by atoms with Crippen molar-refractivity contribution >= 4 is 52.3 Å². The Labute approximate surface area is 247 Å². The van der Waals surface area contributed by atoms with E-state index in [2.05, 4.69) is 20.9 Å². The largest absolute Gasteiger partial charge is 0.481 e. The number of hydrogen-bond acceptors (Lipinski definition) is 7. The van der Waals surface area contributed by atoms with Gasteiger partial charge in [-0.2, -0.15) is 11.8 Å². The molecule has 3 rings (SSSR count). The number of carboxylic acid groups (broad SMARTS) is 1. The highest BCUT2D eigenvalue weighted by atomic mass is 32.2. The first-order valence-electron chi connectivity index (χ1n) is 13.3. The number of hydrogen-bond donors (Lipinski definition) is 7. The summed E-state index contributed by atoms with van der Waals surface area (Å²) >= 11 is 1.44. The van der Waals surface area contributed by atoms with Gasteiger partial charge in [-0.3, -0.25) is 24.0 Å². The SMILES string of the molecule is CSCC[C@H](NC(=O)[C@@H](N)Cc1c[nH]c2ccccc12)C(=O)N[C@@H](CC(=O)O)C(=O)N[C@H](Cc1ccccc1)C(N)=O. The van der Waals surface area contributed by atoms with E-state index in [1.54, 1.807) is 36.5 Å². The van der Waals surface area contributed by atoms with Crippen LogP contribution in [0, 0.1) is 0 Å². The van der Waals surface area contributed by atoms with Crippen LogP contribution in [0.4, 0.5) is 0 Å². The van der Waals surface area contributed by atoms with E-state index in [9.17, 15) is 29.1 Å². The van der Waals surface area contributed by atoms with Gasteiger partial charge in [-0.05, 0) is 42.0 Å². The minimum absolute atomic E-state index is 0.0797. The number of benzene rings is 2. The molecule has 1 heterocycles. The fourth-order valence-electron chi connectivity index (χ4n) is 4.41. The van der Waals surface area contributed by atoms with Crippen LogP contribution in [0.25, 0.3) is 10.9 Å². The van der Waals surface area contributed by atoms with Crippen molar-refractivity contribution in [1.29, 1.82) is 0 Å². The van der Waals surface area contributed by atoms with Crippen LogP contribution in [0.15, 0.2) is 60.8 Å². The van der Waals surface area contributed by atoms with Crippen LogP contribution >= 0.6 is 11.8 Å². The van der Waals surface area contributed by atoms with Gasteiger partial charge < -0.3 is 37.5 Å². The fourth-order valence-corrected chi connectivity index (χ4v) is 4.89. The number of rotatable bonds is 16. The number of carbonyl (C=O) groups is 5. The molecule has 0 fully saturated rings. The normalized spacial score (nSPS) is 13.9. The van der Waals surface area contributed by atoms with E-state index in [0.717, 1.165) is 22.0 Å². The van der Waals surface area contributed by atoms with E-state index < -0.39 is 60.2 Å². The molecule has 0 aliphatic rings. The standard InChI is InChI=1S/C29H36N6O6S/c1-42-12-11-22(33-27(39)20(30)14-18-16-32-21-10-6-5-9-19(18)21)28(40)35-24(15-25(36)37)29(41)34-23(26(31)38)13-17-7-3-2-4-8-17/h2-10,16,20,22-24,32H,11-15,30H2,1H3,(H2,31,38)(H,33,39)(H,34,41)(H,35,40)(H,36,37)/t20-,22-,23+,24-/m0/s1. The summed E-state index contributed by atoms with van der Waals surface area (Å²) in [7, 11) is 0. The van der Waals surface area contributed by atoms with Crippen molar-refractivity contribution in [3.8, 4) is 0 Å². The lowest BCUT2D eigenvalue weighted by atomic mass is 10.0. The molecule has 0 saturated heterocycles. The van der Waals surface area contributed by atoms with Crippen molar-refractivity contribution in [2.24, 2.45) is 11.5 Å². The Morgan fingerprint density at radius 3 is 2.14 bits per heavy atom. The van der Waals surface area contributed by atoms with E-state index in [0.29, 0.717) is 5.75 Å². The third-order valence-corrected chi connectivity index (χ3v) is 7.29. The lowest BCUT2D eigenvalue weighted by Crippen LogP contribution is -2.58. The molecule has 13 heteroatoms. The zero-order valence-electron chi connectivity index (χ0n) is 23.2. The maximum Gasteiger partial charge on any atom is 0.305 e. The number of aromatic amines is 1. The summed E-state index contributed by atoms with van der Waals surface area (Å²) in [5, 5.41) is 17.9. The Balaban J connectivity index is 1.69. The van der Waals surface area contributed by atoms with Gasteiger partial charge in [-0.1, -0.05) is 48.5 Å². The van der Waals surface area contributed by atoms with Gasteiger partial charge in [-0.25, -0.2) is 0 Å². The van der Waals surface area contributed by atoms with Crippen molar-refractivity contribution in [3.63, 3.8) is 0 Å².